The summed E-state index contributed by atoms with van der Waals surface area (Å²) in [6.07, 6.45) is 2.94. The minimum Gasteiger partial charge on any atom is -0.497 e. The van der Waals surface area contributed by atoms with Gasteiger partial charge in [0.2, 0.25) is 0 Å². The fourth-order valence-corrected chi connectivity index (χ4v) is 2.12. The summed E-state index contributed by atoms with van der Waals surface area (Å²) >= 11 is 5.04. The van der Waals surface area contributed by atoms with Crippen LogP contribution >= 0.6 is 12.2 Å². The van der Waals surface area contributed by atoms with Crippen LogP contribution in [0.2, 0.25) is 0 Å². The van der Waals surface area contributed by atoms with Crippen LogP contribution in [0.25, 0.3) is 6.08 Å². The van der Waals surface area contributed by atoms with Gasteiger partial charge in [-0.25, -0.2) is 4.39 Å². The Morgan fingerprint density at radius 3 is 2.23 bits per heavy atom. The maximum Gasteiger partial charge on any atom is 0.262 e. The zero-order valence-corrected chi connectivity index (χ0v) is 15.0. The van der Waals surface area contributed by atoms with Crippen molar-refractivity contribution in [3.05, 3.63) is 59.9 Å². The van der Waals surface area contributed by atoms with Crippen LogP contribution in [0.5, 0.6) is 11.5 Å². The molecule has 0 aliphatic rings. The van der Waals surface area contributed by atoms with E-state index < -0.39 is 5.91 Å². The van der Waals surface area contributed by atoms with E-state index in [4.69, 9.17) is 21.7 Å². The number of anilines is 1. The number of halogens is 1. The van der Waals surface area contributed by atoms with Gasteiger partial charge in [0.05, 0.1) is 14.2 Å². The average Bonchev–Trinajstić information content (AvgIpc) is 2.66. The van der Waals surface area contributed by atoms with E-state index in [2.05, 4.69) is 16.2 Å². The van der Waals surface area contributed by atoms with Gasteiger partial charge >= 0.3 is 0 Å². The molecule has 0 spiro atoms. The van der Waals surface area contributed by atoms with Crippen molar-refractivity contribution in [3.63, 3.8) is 0 Å². The summed E-state index contributed by atoms with van der Waals surface area (Å²) in [4.78, 5) is 11.9. The number of methoxy groups -OCH3 is 2. The number of hydrazine groups is 1. The molecule has 0 radical (unpaired) electrons. The maximum absolute atomic E-state index is 12.8. The van der Waals surface area contributed by atoms with E-state index in [-0.39, 0.29) is 10.9 Å². The highest BCUT2D eigenvalue weighted by Gasteiger charge is 2.02. The van der Waals surface area contributed by atoms with E-state index in [1.807, 2.05) is 0 Å². The zero-order chi connectivity index (χ0) is 18.9. The standard InChI is InChI=1S/C18H18FN3O3S/c1-24-15-9-12(10-16(11-15)25-2)3-8-17(23)21-22-18(26)20-14-6-4-13(19)5-7-14/h3-11H,1-2H3,(H,21,23)(H2,20,22,26)/b8-3+. The third-order valence-corrected chi connectivity index (χ3v) is 3.41. The molecule has 136 valence electrons. The van der Waals surface area contributed by atoms with E-state index in [9.17, 15) is 9.18 Å². The monoisotopic (exact) mass is 375 g/mol. The van der Waals surface area contributed by atoms with Gasteiger partial charge in [-0.05, 0) is 60.3 Å². The number of nitrogens with one attached hydrogen (secondary N) is 3. The predicted molar refractivity (Wildman–Crippen MR) is 102 cm³/mol. The summed E-state index contributed by atoms with van der Waals surface area (Å²) in [7, 11) is 3.10. The molecule has 0 bridgehead atoms. The molecule has 0 aliphatic heterocycles. The van der Waals surface area contributed by atoms with Crippen LogP contribution in [0.3, 0.4) is 0 Å². The molecule has 0 aliphatic carbocycles. The summed E-state index contributed by atoms with van der Waals surface area (Å²) in [6, 6.07) is 10.9. The van der Waals surface area contributed by atoms with Crippen molar-refractivity contribution < 1.29 is 18.7 Å². The largest absolute Gasteiger partial charge is 0.497 e. The third-order valence-electron chi connectivity index (χ3n) is 3.20. The lowest BCUT2D eigenvalue weighted by Gasteiger charge is -2.10. The smallest absolute Gasteiger partial charge is 0.262 e. The van der Waals surface area contributed by atoms with Gasteiger partial charge in [0.15, 0.2) is 5.11 Å². The molecule has 2 aromatic rings. The van der Waals surface area contributed by atoms with Gasteiger partial charge in [0.25, 0.3) is 5.91 Å². The molecule has 0 atom stereocenters. The molecular weight excluding hydrogens is 357 g/mol. The van der Waals surface area contributed by atoms with E-state index in [0.717, 1.165) is 5.56 Å². The van der Waals surface area contributed by atoms with E-state index >= 15 is 0 Å². The van der Waals surface area contributed by atoms with Crippen LogP contribution in [0.1, 0.15) is 5.56 Å². The number of hydrogen-bond acceptors (Lipinski definition) is 4. The first-order valence-corrected chi connectivity index (χ1v) is 7.94. The van der Waals surface area contributed by atoms with Crippen molar-refractivity contribution in [3.8, 4) is 11.5 Å². The van der Waals surface area contributed by atoms with Gasteiger partial charge in [-0.2, -0.15) is 0 Å². The van der Waals surface area contributed by atoms with Crippen LogP contribution in [-0.2, 0) is 4.79 Å². The Kier molecular flexibility index (Phi) is 6.92. The maximum atomic E-state index is 12.8. The molecule has 0 saturated carbocycles. The summed E-state index contributed by atoms with van der Waals surface area (Å²) in [5.74, 6) is 0.483. The molecule has 8 heteroatoms. The SMILES string of the molecule is COc1cc(/C=C/C(=O)NNC(=S)Nc2ccc(F)cc2)cc(OC)c1. The highest BCUT2D eigenvalue weighted by atomic mass is 32.1. The molecule has 2 aromatic carbocycles. The number of carbonyl (C=O) groups excluding carboxylic acids is 1. The lowest BCUT2D eigenvalue weighted by Crippen LogP contribution is -2.43. The van der Waals surface area contributed by atoms with Crippen LogP contribution in [0.15, 0.2) is 48.5 Å². The second-order valence-corrected chi connectivity index (χ2v) is 5.46. The summed E-state index contributed by atoms with van der Waals surface area (Å²) in [5, 5.41) is 2.98. The average molecular weight is 375 g/mol. The number of ether oxygens (including phenoxy) is 2. The Labute approximate surface area is 156 Å². The molecule has 0 aromatic heterocycles. The second kappa shape index (κ2) is 9.38. The first kappa shape index (κ1) is 19.2. The molecule has 3 N–H and O–H groups in total. The van der Waals surface area contributed by atoms with E-state index in [1.54, 1.807) is 38.5 Å². The topological polar surface area (TPSA) is 71.6 Å². The number of carbonyl (C=O) groups is 1. The zero-order valence-electron chi connectivity index (χ0n) is 14.2. The summed E-state index contributed by atoms with van der Waals surface area (Å²) in [6.45, 7) is 0. The fraction of sp³-hybridized carbons (Fsp3) is 0.111. The third kappa shape index (κ3) is 6.06. The lowest BCUT2D eigenvalue weighted by atomic mass is 10.2. The Hall–Kier alpha value is -3.13. The summed E-state index contributed by atoms with van der Waals surface area (Å²) < 4.78 is 23.2. The fourth-order valence-electron chi connectivity index (χ4n) is 1.95. The van der Waals surface area contributed by atoms with Gasteiger partial charge in [-0.3, -0.25) is 15.6 Å². The van der Waals surface area contributed by atoms with Crippen molar-refractivity contribution in [1.29, 1.82) is 0 Å². The molecule has 26 heavy (non-hydrogen) atoms. The van der Waals surface area contributed by atoms with Crippen molar-refractivity contribution in [1.82, 2.24) is 10.9 Å². The number of rotatable bonds is 5. The highest BCUT2D eigenvalue weighted by molar-refractivity contribution is 7.80. The molecule has 0 heterocycles. The number of hydrogen-bond donors (Lipinski definition) is 3. The van der Waals surface area contributed by atoms with E-state index in [0.29, 0.717) is 17.2 Å². The molecule has 2 rings (SSSR count). The van der Waals surface area contributed by atoms with Crippen molar-refractivity contribution in [2.45, 2.75) is 0 Å². The second-order valence-electron chi connectivity index (χ2n) is 5.05. The molecule has 0 unspecified atom stereocenters. The van der Waals surface area contributed by atoms with Gasteiger partial charge in [-0.15, -0.1) is 0 Å². The molecule has 0 fully saturated rings. The number of thiocarbonyl (C=S) groups is 1. The number of amides is 1. The molecule has 1 amide bonds. The van der Waals surface area contributed by atoms with Gasteiger partial charge < -0.3 is 14.8 Å². The Morgan fingerprint density at radius 2 is 1.65 bits per heavy atom. The quantitative estimate of drug-likeness (QED) is 0.424. The Morgan fingerprint density at radius 1 is 1.04 bits per heavy atom. The number of benzene rings is 2. The molecule has 6 nitrogen and oxygen atoms in total. The minimum absolute atomic E-state index is 0.168. The normalized spacial score (nSPS) is 10.3. The Balaban J connectivity index is 1.87. The van der Waals surface area contributed by atoms with Crippen LogP contribution in [0, 0.1) is 5.82 Å². The molecule has 0 saturated heterocycles. The molecular formula is C18H18FN3O3S. The Bertz CT molecular complexity index is 788. The van der Waals surface area contributed by atoms with Gasteiger partial charge in [0.1, 0.15) is 17.3 Å². The predicted octanol–water partition coefficient (Wildman–Crippen LogP) is 2.87. The van der Waals surface area contributed by atoms with Gasteiger partial charge in [-0.1, -0.05) is 0 Å². The lowest BCUT2D eigenvalue weighted by molar-refractivity contribution is -0.116. The highest BCUT2D eigenvalue weighted by Crippen LogP contribution is 2.23. The van der Waals surface area contributed by atoms with Crippen LogP contribution in [-0.4, -0.2) is 25.2 Å². The van der Waals surface area contributed by atoms with Crippen LogP contribution in [0.4, 0.5) is 10.1 Å². The van der Waals surface area contributed by atoms with Crippen molar-refractivity contribution >= 4 is 35.0 Å². The van der Waals surface area contributed by atoms with Crippen LogP contribution < -0.4 is 25.6 Å². The van der Waals surface area contributed by atoms with Crippen molar-refractivity contribution in [2.75, 3.05) is 19.5 Å². The first-order valence-electron chi connectivity index (χ1n) is 7.54. The minimum atomic E-state index is -0.407. The van der Waals surface area contributed by atoms with Crippen molar-refractivity contribution in [2.24, 2.45) is 0 Å². The summed E-state index contributed by atoms with van der Waals surface area (Å²) in [5.41, 5.74) is 6.31. The van der Waals surface area contributed by atoms with E-state index in [1.165, 1.54) is 30.3 Å². The first-order chi connectivity index (χ1) is 12.5. The van der Waals surface area contributed by atoms with Gasteiger partial charge in [0, 0.05) is 17.8 Å².